The molecule has 0 aliphatic rings. The van der Waals surface area contributed by atoms with Crippen LogP contribution in [0.5, 0.6) is 0 Å². The van der Waals surface area contributed by atoms with Crippen LogP contribution in [0.4, 0.5) is 5.69 Å². The highest BCUT2D eigenvalue weighted by atomic mass is 79.9. The Morgan fingerprint density at radius 1 is 1.35 bits per heavy atom. The molecule has 0 N–H and O–H groups in total. The van der Waals surface area contributed by atoms with E-state index in [9.17, 15) is 10.1 Å². The molecule has 17 heavy (non-hydrogen) atoms. The number of nitro groups is 1. The van der Waals surface area contributed by atoms with Crippen LogP contribution in [0.25, 0.3) is 0 Å². The molecule has 0 bridgehead atoms. The Bertz CT molecular complexity index is 551. The highest BCUT2D eigenvalue weighted by Gasteiger charge is 2.15. The predicted octanol–water partition coefficient (Wildman–Crippen LogP) is 3.30. The highest BCUT2D eigenvalue weighted by Crippen LogP contribution is 2.34. The van der Waals surface area contributed by atoms with E-state index in [1.807, 2.05) is 0 Å². The lowest BCUT2D eigenvalue weighted by Crippen LogP contribution is -1.91. The molecule has 0 fully saturated rings. The zero-order valence-electron chi connectivity index (χ0n) is 8.41. The van der Waals surface area contributed by atoms with Crippen LogP contribution in [0, 0.1) is 10.1 Å². The van der Waals surface area contributed by atoms with Gasteiger partial charge in [0.05, 0.1) is 16.0 Å². The van der Waals surface area contributed by atoms with Crippen LogP contribution >= 0.6 is 27.7 Å². The first-order chi connectivity index (χ1) is 8.16. The molecule has 0 aliphatic heterocycles. The van der Waals surface area contributed by atoms with Gasteiger partial charge in [-0.05, 0) is 12.1 Å². The molecule has 0 spiro atoms. The van der Waals surface area contributed by atoms with E-state index in [4.69, 9.17) is 0 Å². The molecule has 86 valence electrons. The lowest BCUT2D eigenvalue weighted by molar-refractivity contribution is -0.387. The van der Waals surface area contributed by atoms with Gasteiger partial charge >= 0.3 is 0 Å². The third-order valence-electron chi connectivity index (χ3n) is 1.87. The quantitative estimate of drug-likeness (QED) is 0.642. The molecule has 1 aromatic heterocycles. The number of halogens is 1. The van der Waals surface area contributed by atoms with Crippen LogP contribution in [0.2, 0.25) is 0 Å². The van der Waals surface area contributed by atoms with Gasteiger partial charge in [0, 0.05) is 22.9 Å². The Hall–Kier alpha value is -1.47. The maximum absolute atomic E-state index is 10.9. The Kier molecular flexibility index (Phi) is 3.70. The lowest BCUT2D eigenvalue weighted by Gasteiger charge is -2.02. The van der Waals surface area contributed by atoms with E-state index in [2.05, 4.69) is 25.9 Å². The largest absolute Gasteiger partial charge is 0.284 e. The van der Waals surface area contributed by atoms with Crippen LogP contribution in [0.3, 0.4) is 0 Å². The molecule has 0 aliphatic carbocycles. The van der Waals surface area contributed by atoms with Gasteiger partial charge in [-0.1, -0.05) is 27.7 Å². The number of hydrogen-bond donors (Lipinski definition) is 0. The van der Waals surface area contributed by atoms with Gasteiger partial charge < -0.3 is 0 Å². The summed E-state index contributed by atoms with van der Waals surface area (Å²) in [6, 6.07) is 4.91. The van der Waals surface area contributed by atoms with Gasteiger partial charge in [0.1, 0.15) is 5.03 Å². The van der Waals surface area contributed by atoms with Crippen LogP contribution in [-0.4, -0.2) is 14.9 Å². The molecule has 7 heteroatoms. The molecule has 0 saturated heterocycles. The molecule has 0 atom stereocenters. The van der Waals surface area contributed by atoms with Crippen molar-refractivity contribution in [2.45, 2.75) is 9.92 Å². The molecule has 1 heterocycles. The zero-order valence-corrected chi connectivity index (χ0v) is 10.8. The maximum Gasteiger partial charge on any atom is 0.284 e. The lowest BCUT2D eigenvalue weighted by atomic mass is 10.3. The van der Waals surface area contributed by atoms with Gasteiger partial charge in [-0.2, -0.15) is 0 Å². The fraction of sp³-hybridized carbons (Fsp3) is 0. The van der Waals surface area contributed by atoms with Gasteiger partial charge in [0.15, 0.2) is 0 Å². The van der Waals surface area contributed by atoms with Gasteiger partial charge in [0.2, 0.25) is 0 Å². The number of aromatic nitrogens is 2. The minimum absolute atomic E-state index is 0.0510. The van der Waals surface area contributed by atoms with Crippen LogP contribution in [-0.2, 0) is 0 Å². The summed E-state index contributed by atoms with van der Waals surface area (Å²) >= 11 is 4.42. The molecule has 0 radical (unpaired) electrons. The van der Waals surface area contributed by atoms with Gasteiger partial charge in [-0.25, -0.2) is 4.98 Å². The summed E-state index contributed by atoms with van der Waals surface area (Å²) in [5.74, 6) is 0. The van der Waals surface area contributed by atoms with E-state index in [-0.39, 0.29) is 5.69 Å². The summed E-state index contributed by atoms with van der Waals surface area (Å²) in [6.45, 7) is 0. The van der Waals surface area contributed by atoms with Crippen molar-refractivity contribution in [1.29, 1.82) is 0 Å². The Morgan fingerprint density at radius 3 is 2.82 bits per heavy atom. The summed E-state index contributed by atoms with van der Waals surface area (Å²) in [5.41, 5.74) is 0.0510. The third kappa shape index (κ3) is 3.01. The number of nitro benzene ring substituents is 1. The minimum atomic E-state index is -0.413. The first-order valence-electron chi connectivity index (χ1n) is 4.54. The maximum atomic E-state index is 10.9. The van der Waals surface area contributed by atoms with Crippen molar-refractivity contribution in [2.24, 2.45) is 0 Å². The predicted molar refractivity (Wildman–Crippen MR) is 67.0 cm³/mol. The molecule has 0 amide bonds. The smallest absolute Gasteiger partial charge is 0.260 e. The van der Waals surface area contributed by atoms with Crippen LogP contribution < -0.4 is 0 Å². The highest BCUT2D eigenvalue weighted by molar-refractivity contribution is 9.10. The summed E-state index contributed by atoms with van der Waals surface area (Å²) in [4.78, 5) is 19.0. The summed E-state index contributed by atoms with van der Waals surface area (Å²) in [5, 5.41) is 11.5. The molecule has 0 unspecified atom stereocenters. The Morgan fingerprint density at radius 2 is 2.18 bits per heavy atom. The number of benzene rings is 1. The monoisotopic (exact) mass is 311 g/mol. The molecular weight excluding hydrogens is 306 g/mol. The van der Waals surface area contributed by atoms with E-state index in [0.717, 1.165) is 0 Å². The standard InChI is InChI=1S/C10H6BrN3O2S/c11-7-1-2-9(8(5-7)14(15)16)17-10-6-12-3-4-13-10/h1-6H. The minimum Gasteiger partial charge on any atom is -0.260 e. The fourth-order valence-corrected chi connectivity index (χ4v) is 2.35. The van der Waals surface area contributed by atoms with E-state index in [0.29, 0.717) is 14.4 Å². The summed E-state index contributed by atoms with van der Waals surface area (Å²) < 4.78 is 0.674. The van der Waals surface area contributed by atoms with E-state index >= 15 is 0 Å². The first kappa shape index (κ1) is 12.0. The van der Waals surface area contributed by atoms with Crippen molar-refractivity contribution in [2.75, 3.05) is 0 Å². The van der Waals surface area contributed by atoms with Crippen molar-refractivity contribution in [1.82, 2.24) is 9.97 Å². The van der Waals surface area contributed by atoms with E-state index in [1.165, 1.54) is 17.8 Å². The topological polar surface area (TPSA) is 68.9 Å². The molecule has 2 aromatic rings. The second kappa shape index (κ2) is 5.24. The van der Waals surface area contributed by atoms with Crippen molar-refractivity contribution in [3.63, 3.8) is 0 Å². The summed E-state index contributed by atoms with van der Waals surface area (Å²) in [7, 11) is 0. The van der Waals surface area contributed by atoms with E-state index in [1.54, 1.807) is 30.7 Å². The number of hydrogen-bond acceptors (Lipinski definition) is 5. The van der Waals surface area contributed by atoms with Gasteiger partial charge in [-0.15, -0.1) is 0 Å². The average molecular weight is 312 g/mol. The number of rotatable bonds is 3. The Labute approximate surface area is 110 Å². The second-order valence-corrected chi connectivity index (χ2v) is 4.99. The van der Waals surface area contributed by atoms with Crippen molar-refractivity contribution < 1.29 is 4.92 Å². The van der Waals surface area contributed by atoms with Crippen LogP contribution in [0.15, 0.2) is 51.2 Å². The zero-order chi connectivity index (χ0) is 12.3. The fourth-order valence-electron chi connectivity index (χ4n) is 1.17. The molecule has 5 nitrogen and oxygen atoms in total. The van der Waals surface area contributed by atoms with Crippen LogP contribution in [0.1, 0.15) is 0 Å². The van der Waals surface area contributed by atoms with Crippen molar-refractivity contribution in [3.8, 4) is 0 Å². The third-order valence-corrected chi connectivity index (χ3v) is 3.35. The SMILES string of the molecule is O=[N+]([O-])c1cc(Br)ccc1Sc1cnccn1. The average Bonchev–Trinajstić information content (AvgIpc) is 2.32. The molecule has 2 rings (SSSR count). The number of nitrogens with zero attached hydrogens (tertiary/aromatic N) is 3. The van der Waals surface area contributed by atoms with Gasteiger partial charge in [-0.3, -0.25) is 15.1 Å². The van der Waals surface area contributed by atoms with Gasteiger partial charge in [0.25, 0.3) is 5.69 Å². The molecule has 1 aromatic carbocycles. The summed E-state index contributed by atoms with van der Waals surface area (Å²) in [6.07, 6.45) is 4.67. The molecule has 0 saturated carbocycles. The normalized spacial score (nSPS) is 10.2. The first-order valence-corrected chi connectivity index (χ1v) is 6.15. The Balaban J connectivity index is 2.36. The second-order valence-electron chi connectivity index (χ2n) is 3.01. The van der Waals surface area contributed by atoms with E-state index < -0.39 is 4.92 Å². The molecular formula is C10H6BrN3O2S. The van der Waals surface area contributed by atoms with Crippen molar-refractivity contribution >= 4 is 33.4 Å². The van der Waals surface area contributed by atoms with Crippen molar-refractivity contribution in [3.05, 3.63) is 51.4 Å².